The molecule has 88 valence electrons. The number of ether oxygens (including phenoxy) is 1. The monoisotopic (exact) mass is 222 g/mol. The van der Waals surface area contributed by atoms with Crippen LogP contribution in [0.1, 0.15) is 32.1 Å². The van der Waals surface area contributed by atoms with Crippen LogP contribution in [-0.4, -0.2) is 16.9 Å². The van der Waals surface area contributed by atoms with Crippen molar-refractivity contribution in [3.63, 3.8) is 0 Å². The highest BCUT2D eigenvalue weighted by molar-refractivity contribution is 5.13. The molecule has 0 aromatic carbocycles. The van der Waals surface area contributed by atoms with Crippen LogP contribution < -0.4 is 10.3 Å². The lowest BCUT2D eigenvalue weighted by atomic mass is 9.89. The Kier molecular flexibility index (Phi) is 3.59. The van der Waals surface area contributed by atoms with E-state index in [9.17, 15) is 4.79 Å². The molecule has 2 rings (SSSR count). The molecule has 1 fully saturated rings. The molecule has 1 saturated carbocycles. The molecule has 4 heteroatoms. The van der Waals surface area contributed by atoms with Gasteiger partial charge in [-0.3, -0.25) is 4.79 Å². The summed E-state index contributed by atoms with van der Waals surface area (Å²) < 4.78 is 6.52. The summed E-state index contributed by atoms with van der Waals surface area (Å²) in [4.78, 5) is 11.7. The highest BCUT2D eigenvalue weighted by atomic mass is 16.5. The molecule has 1 aromatic heterocycles. The number of hydrogen-bond donors (Lipinski definition) is 0. The van der Waals surface area contributed by atoms with Gasteiger partial charge in [0, 0.05) is 12.6 Å². The lowest BCUT2D eigenvalue weighted by Gasteiger charge is -2.21. The molecule has 1 aliphatic carbocycles. The SMILES string of the molecule is COc1cnn(CC2CCCCC2)c(=O)c1. The summed E-state index contributed by atoms with van der Waals surface area (Å²) in [6, 6.07) is 1.50. The molecule has 1 aromatic rings. The van der Waals surface area contributed by atoms with Gasteiger partial charge in [-0.25, -0.2) is 4.68 Å². The fraction of sp³-hybridized carbons (Fsp3) is 0.667. The maximum atomic E-state index is 11.7. The predicted molar refractivity (Wildman–Crippen MR) is 61.6 cm³/mol. The second kappa shape index (κ2) is 5.14. The Morgan fingerprint density at radius 3 is 2.81 bits per heavy atom. The molecule has 0 aliphatic heterocycles. The molecular weight excluding hydrogens is 204 g/mol. The third-order valence-corrected chi connectivity index (χ3v) is 3.24. The fourth-order valence-electron chi connectivity index (χ4n) is 2.28. The van der Waals surface area contributed by atoms with Crippen molar-refractivity contribution in [2.45, 2.75) is 38.6 Å². The molecule has 0 spiro atoms. The van der Waals surface area contributed by atoms with Gasteiger partial charge < -0.3 is 4.74 Å². The van der Waals surface area contributed by atoms with Crippen molar-refractivity contribution in [1.82, 2.24) is 9.78 Å². The van der Waals surface area contributed by atoms with E-state index < -0.39 is 0 Å². The molecule has 0 bridgehead atoms. The minimum absolute atomic E-state index is 0.0649. The molecule has 0 amide bonds. The molecule has 0 atom stereocenters. The van der Waals surface area contributed by atoms with Crippen molar-refractivity contribution in [2.75, 3.05) is 7.11 Å². The number of aromatic nitrogens is 2. The summed E-state index contributed by atoms with van der Waals surface area (Å²) in [5, 5.41) is 4.12. The highest BCUT2D eigenvalue weighted by Crippen LogP contribution is 2.24. The van der Waals surface area contributed by atoms with Crippen LogP contribution in [0.4, 0.5) is 0 Å². The van der Waals surface area contributed by atoms with E-state index in [0.717, 1.165) is 6.54 Å². The van der Waals surface area contributed by atoms with Crippen LogP contribution in [-0.2, 0) is 6.54 Å². The van der Waals surface area contributed by atoms with Crippen LogP contribution in [0.3, 0.4) is 0 Å². The van der Waals surface area contributed by atoms with Crippen LogP contribution in [0.2, 0.25) is 0 Å². The number of hydrogen-bond acceptors (Lipinski definition) is 3. The van der Waals surface area contributed by atoms with Crippen LogP contribution in [0.5, 0.6) is 5.75 Å². The van der Waals surface area contributed by atoms with Crippen molar-refractivity contribution < 1.29 is 4.74 Å². The molecule has 4 nitrogen and oxygen atoms in total. The van der Waals surface area contributed by atoms with Crippen molar-refractivity contribution in [2.24, 2.45) is 5.92 Å². The summed E-state index contributed by atoms with van der Waals surface area (Å²) in [7, 11) is 1.54. The third kappa shape index (κ3) is 2.62. The van der Waals surface area contributed by atoms with Gasteiger partial charge in [0.15, 0.2) is 0 Å². The van der Waals surface area contributed by atoms with E-state index in [1.54, 1.807) is 18.0 Å². The minimum Gasteiger partial charge on any atom is -0.495 e. The van der Waals surface area contributed by atoms with Gasteiger partial charge in [-0.1, -0.05) is 19.3 Å². The van der Waals surface area contributed by atoms with Crippen molar-refractivity contribution >= 4 is 0 Å². The second-order valence-corrected chi connectivity index (χ2v) is 4.42. The number of nitrogens with zero attached hydrogens (tertiary/aromatic N) is 2. The number of methoxy groups -OCH3 is 1. The predicted octanol–water partition coefficient (Wildman–Crippen LogP) is 1.83. The topological polar surface area (TPSA) is 44.1 Å². The Hall–Kier alpha value is -1.32. The first-order valence-corrected chi connectivity index (χ1v) is 5.91. The van der Waals surface area contributed by atoms with Crippen LogP contribution >= 0.6 is 0 Å². The summed E-state index contributed by atoms with van der Waals surface area (Å²) in [5.74, 6) is 1.15. The van der Waals surface area contributed by atoms with E-state index in [2.05, 4.69) is 5.10 Å². The van der Waals surface area contributed by atoms with Gasteiger partial charge in [0.1, 0.15) is 5.75 Å². The molecule has 1 aliphatic rings. The zero-order valence-corrected chi connectivity index (χ0v) is 9.69. The first kappa shape index (κ1) is 11.2. The van der Waals surface area contributed by atoms with Crippen LogP contribution in [0.15, 0.2) is 17.1 Å². The lowest BCUT2D eigenvalue weighted by molar-refractivity contribution is 0.300. The Morgan fingerprint density at radius 2 is 2.19 bits per heavy atom. The molecule has 1 heterocycles. The van der Waals surface area contributed by atoms with Crippen LogP contribution in [0, 0.1) is 5.92 Å². The average molecular weight is 222 g/mol. The maximum absolute atomic E-state index is 11.7. The Morgan fingerprint density at radius 1 is 1.44 bits per heavy atom. The number of rotatable bonds is 3. The van der Waals surface area contributed by atoms with E-state index in [4.69, 9.17) is 4.74 Å². The van der Waals surface area contributed by atoms with Gasteiger partial charge in [-0.2, -0.15) is 5.10 Å². The van der Waals surface area contributed by atoms with E-state index in [1.807, 2.05) is 0 Å². The Labute approximate surface area is 95.2 Å². The van der Waals surface area contributed by atoms with Gasteiger partial charge in [0.05, 0.1) is 13.3 Å². The van der Waals surface area contributed by atoms with E-state index in [-0.39, 0.29) is 5.56 Å². The molecule has 0 radical (unpaired) electrons. The molecule has 0 unspecified atom stereocenters. The first-order chi connectivity index (χ1) is 7.79. The minimum atomic E-state index is -0.0649. The summed E-state index contributed by atoms with van der Waals surface area (Å²) in [5.41, 5.74) is -0.0649. The molecule has 16 heavy (non-hydrogen) atoms. The Balaban J connectivity index is 2.06. The standard InChI is InChI=1S/C12H18N2O2/c1-16-11-7-12(15)14(13-8-11)9-10-5-3-2-4-6-10/h7-8,10H,2-6,9H2,1H3. The van der Waals surface area contributed by atoms with Gasteiger partial charge in [0.25, 0.3) is 5.56 Å². The van der Waals surface area contributed by atoms with Crippen LogP contribution in [0.25, 0.3) is 0 Å². The Bertz CT molecular complexity index is 394. The van der Waals surface area contributed by atoms with Gasteiger partial charge in [-0.05, 0) is 18.8 Å². The van der Waals surface area contributed by atoms with Gasteiger partial charge in [0.2, 0.25) is 0 Å². The average Bonchev–Trinajstić information content (AvgIpc) is 2.33. The highest BCUT2D eigenvalue weighted by Gasteiger charge is 2.14. The third-order valence-electron chi connectivity index (χ3n) is 3.24. The lowest BCUT2D eigenvalue weighted by Crippen LogP contribution is -2.26. The first-order valence-electron chi connectivity index (χ1n) is 5.91. The van der Waals surface area contributed by atoms with Gasteiger partial charge in [-0.15, -0.1) is 0 Å². The van der Waals surface area contributed by atoms with E-state index in [1.165, 1.54) is 38.2 Å². The fourth-order valence-corrected chi connectivity index (χ4v) is 2.28. The molecule has 0 saturated heterocycles. The smallest absolute Gasteiger partial charge is 0.270 e. The zero-order valence-electron chi connectivity index (χ0n) is 9.69. The van der Waals surface area contributed by atoms with Crippen molar-refractivity contribution in [3.8, 4) is 5.75 Å². The summed E-state index contributed by atoms with van der Waals surface area (Å²) >= 11 is 0. The van der Waals surface area contributed by atoms with Crippen molar-refractivity contribution in [1.29, 1.82) is 0 Å². The summed E-state index contributed by atoms with van der Waals surface area (Å²) in [6.45, 7) is 0.753. The zero-order chi connectivity index (χ0) is 11.4. The van der Waals surface area contributed by atoms with E-state index >= 15 is 0 Å². The quantitative estimate of drug-likeness (QED) is 0.783. The molecular formula is C12H18N2O2. The van der Waals surface area contributed by atoms with Crippen molar-refractivity contribution in [3.05, 3.63) is 22.6 Å². The molecule has 0 N–H and O–H groups in total. The van der Waals surface area contributed by atoms with Gasteiger partial charge >= 0.3 is 0 Å². The normalized spacial score (nSPS) is 17.3. The summed E-state index contributed by atoms with van der Waals surface area (Å²) in [6.07, 6.45) is 7.96. The largest absolute Gasteiger partial charge is 0.495 e. The van der Waals surface area contributed by atoms with E-state index in [0.29, 0.717) is 11.7 Å². The maximum Gasteiger partial charge on any atom is 0.270 e. The second-order valence-electron chi connectivity index (χ2n) is 4.42.